The van der Waals surface area contributed by atoms with Gasteiger partial charge >= 0.3 is 29.6 Å². The molecule has 0 radical (unpaired) electrons. The van der Waals surface area contributed by atoms with E-state index in [-0.39, 0.29) is 40.8 Å². The molecule has 32 heavy (non-hydrogen) atoms. The van der Waals surface area contributed by atoms with Gasteiger partial charge in [0.15, 0.2) is 0 Å². The molecule has 7 nitrogen and oxygen atoms in total. The molecule has 0 aliphatic carbocycles. The minimum absolute atomic E-state index is 0. The molecule has 0 saturated heterocycles. The second-order valence-electron chi connectivity index (χ2n) is 6.05. The van der Waals surface area contributed by atoms with Crippen molar-refractivity contribution in [1.29, 1.82) is 0 Å². The largest absolute Gasteiger partial charge is 1.00 e. The van der Waals surface area contributed by atoms with Crippen molar-refractivity contribution in [3.05, 3.63) is 91.5 Å². The summed E-state index contributed by atoms with van der Waals surface area (Å²) in [6, 6.07) is 23.6. The van der Waals surface area contributed by atoms with Crippen molar-refractivity contribution in [3.8, 4) is 0 Å². The number of hydrogen-bond donors (Lipinski definition) is 2. The first kappa shape index (κ1) is 27.7. The summed E-state index contributed by atoms with van der Waals surface area (Å²) in [7, 11) is -8.26. The standard InChI is InChI=1S/2C10H8O3S.C2H2O.Na.H/c2*11-14(12,13)10-7-3-5-8-4-1-2-6-9(8)10;1-2-3;;/h2*1-7H,(H,11,12,13);1H2;;/q;;;+1;-1. The molecule has 2 N–H and O–H groups in total. The maximum atomic E-state index is 11.0. The van der Waals surface area contributed by atoms with E-state index in [2.05, 4.69) is 6.58 Å². The summed E-state index contributed by atoms with van der Waals surface area (Å²) in [6.07, 6.45) is 0. The smallest absolute Gasteiger partial charge is 1.00 e. The van der Waals surface area contributed by atoms with Crippen LogP contribution in [0.4, 0.5) is 0 Å². The molecule has 0 aliphatic rings. The van der Waals surface area contributed by atoms with E-state index in [1.54, 1.807) is 60.7 Å². The van der Waals surface area contributed by atoms with E-state index in [4.69, 9.17) is 13.9 Å². The predicted octanol–water partition coefficient (Wildman–Crippen LogP) is 1.29. The first-order valence-corrected chi connectivity index (χ1v) is 11.5. The summed E-state index contributed by atoms with van der Waals surface area (Å²) in [5.41, 5.74) is 0. The summed E-state index contributed by atoms with van der Waals surface area (Å²) in [6.45, 7) is 2.68. The van der Waals surface area contributed by atoms with Crippen LogP contribution in [0.1, 0.15) is 1.43 Å². The van der Waals surface area contributed by atoms with Crippen molar-refractivity contribution in [2.45, 2.75) is 9.79 Å². The topological polar surface area (TPSA) is 126 Å². The van der Waals surface area contributed by atoms with Gasteiger partial charge in [-0.3, -0.25) is 9.11 Å². The van der Waals surface area contributed by atoms with Gasteiger partial charge in [0, 0.05) is 10.8 Å². The zero-order valence-corrected chi connectivity index (χ0v) is 20.7. The second-order valence-corrected chi connectivity index (χ2v) is 8.83. The van der Waals surface area contributed by atoms with Gasteiger partial charge in [0.05, 0.1) is 0 Å². The van der Waals surface area contributed by atoms with Crippen molar-refractivity contribution in [3.63, 3.8) is 0 Å². The van der Waals surface area contributed by atoms with E-state index in [0.29, 0.717) is 10.8 Å². The Kier molecular flexibility index (Phi) is 10.4. The molecule has 0 saturated carbocycles. The van der Waals surface area contributed by atoms with Crippen LogP contribution in [0.3, 0.4) is 0 Å². The number of hydrogen-bond acceptors (Lipinski definition) is 5. The van der Waals surface area contributed by atoms with Crippen LogP contribution in [0.25, 0.3) is 21.5 Å². The Morgan fingerprint density at radius 3 is 1.22 bits per heavy atom. The van der Waals surface area contributed by atoms with E-state index in [0.717, 1.165) is 10.8 Å². The summed E-state index contributed by atoms with van der Waals surface area (Å²) < 4.78 is 61.9. The average Bonchev–Trinajstić information content (AvgIpc) is 2.72. The Hall–Kier alpha value is -2.33. The summed E-state index contributed by atoms with van der Waals surface area (Å²) in [5.74, 6) is 1.25. The van der Waals surface area contributed by atoms with E-state index in [1.165, 1.54) is 18.1 Å². The molecule has 0 heterocycles. The molecule has 162 valence electrons. The van der Waals surface area contributed by atoms with Crippen LogP contribution in [0, 0.1) is 0 Å². The molecular weight excluding hydrogens is 463 g/mol. The Morgan fingerprint density at radius 1 is 0.625 bits per heavy atom. The van der Waals surface area contributed by atoms with Crippen LogP contribution < -0.4 is 29.6 Å². The van der Waals surface area contributed by atoms with Gasteiger partial charge in [-0.25, -0.2) is 4.79 Å². The summed E-state index contributed by atoms with van der Waals surface area (Å²) in [5, 5.41) is 2.67. The zero-order valence-electron chi connectivity index (χ0n) is 18.0. The fourth-order valence-corrected chi connectivity index (χ4v) is 4.27. The molecule has 0 aliphatic heterocycles. The molecule has 0 spiro atoms. The quantitative estimate of drug-likeness (QED) is 0.251. The fraction of sp³-hybridized carbons (Fsp3) is 0. The van der Waals surface area contributed by atoms with Gasteiger partial charge < -0.3 is 1.43 Å². The van der Waals surface area contributed by atoms with Crippen molar-refractivity contribution >= 4 is 47.7 Å². The Bertz CT molecular complexity index is 1350. The van der Waals surface area contributed by atoms with Crippen LogP contribution >= 0.6 is 0 Å². The van der Waals surface area contributed by atoms with Crippen LogP contribution in [0.2, 0.25) is 0 Å². The van der Waals surface area contributed by atoms with Gasteiger partial charge in [0.2, 0.25) is 0 Å². The minimum Gasteiger partial charge on any atom is -1.00 e. The third-order valence-corrected chi connectivity index (χ3v) is 5.88. The van der Waals surface area contributed by atoms with Crippen LogP contribution in [-0.4, -0.2) is 31.9 Å². The second kappa shape index (κ2) is 12.1. The van der Waals surface area contributed by atoms with Gasteiger partial charge in [-0.15, -0.1) is 0 Å². The Labute approximate surface area is 209 Å². The maximum absolute atomic E-state index is 11.0. The molecule has 4 aromatic carbocycles. The van der Waals surface area contributed by atoms with Crippen molar-refractivity contribution in [2.75, 3.05) is 0 Å². The predicted molar refractivity (Wildman–Crippen MR) is 120 cm³/mol. The molecule has 0 fully saturated rings. The molecule has 0 unspecified atom stereocenters. The third kappa shape index (κ3) is 7.37. The van der Waals surface area contributed by atoms with Crippen LogP contribution in [-0.2, 0) is 25.0 Å². The SMILES string of the molecule is C=C=O.O=S(=O)(O)c1cccc2ccccc12.O=S(=O)(O)c1cccc2ccccc12.[H-].[Na+]. The van der Waals surface area contributed by atoms with Gasteiger partial charge in [0.25, 0.3) is 20.2 Å². The van der Waals surface area contributed by atoms with E-state index >= 15 is 0 Å². The zero-order chi connectivity index (χ0) is 23.1. The van der Waals surface area contributed by atoms with Crippen molar-refractivity contribution in [2.24, 2.45) is 0 Å². The van der Waals surface area contributed by atoms with Crippen molar-refractivity contribution in [1.82, 2.24) is 0 Å². The van der Waals surface area contributed by atoms with E-state index < -0.39 is 20.2 Å². The fourth-order valence-electron chi connectivity index (χ4n) is 2.84. The van der Waals surface area contributed by atoms with Gasteiger partial charge in [0.1, 0.15) is 15.7 Å². The molecule has 4 rings (SSSR count). The van der Waals surface area contributed by atoms with Gasteiger partial charge in [-0.2, -0.15) is 16.8 Å². The first-order valence-electron chi connectivity index (χ1n) is 8.64. The van der Waals surface area contributed by atoms with E-state index in [1.807, 2.05) is 12.1 Å². The molecule has 0 bridgehead atoms. The van der Waals surface area contributed by atoms with Gasteiger partial charge in [-0.05, 0) is 29.5 Å². The molecular formula is C22H19NaO7S2. The molecule has 4 aromatic rings. The monoisotopic (exact) mass is 482 g/mol. The van der Waals surface area contributed by atoms with Crippen molar-refractivity contribution < 1.29 is 61.7 Å². The Morgan fingerprint density at radius 2 is 0.906 bits per heavy atom. The number of rotatable bonds is 2. The minimum atomic E-state index is -4.13. The van der Waals surface area contributed by atoms with E-state index in [9.17, 15) is 16.8 Å². The maximum Gasteiger partial charge on any atom is 1.00 e. The summed E-state index contributed by atoms with van der Waals surface area (Å²) >= 11 is 0. The third-order valence-electron chi connectivity index (χ3n) is 4.06. The average molecular weight is 483 g/mol. The summed E-state index contributed by atoms with van der Waals surface area (Å²) in [4.78, 5) is 8.48. The number of fused-ring (bicyclic) bond motifs is 2. The first-order chi connectivity index (χ1) is 14.6. The molecule has 0 atom stereocenters. The van der Waals surface area contributed by atoms with Gasteiger partial charge in [-0.1, -0.05) is 72.8 Å². The number of benzene rings is 4. The number of carbonyl (C=O) groups excluding carboxylic acids is 1. The van der Waals surface area contributed by atoms with Crippen LogP contribution in [0.15, 0.2) is 101 Å². The normalized spacial score (nSPS) is 10.6. The molecule has 0 amide bonds. The molecule has 0 aromatic heterocycles. The van der Waals surface area contributed by atoms with Crippen LogP contribution in [0.5, 0.6) is 0 Å². The Balaban J connectivity index is 0.000000527. The molecule has 10 heteroatoms.